The number of hydrogen-bond donors (Lipinski definition) is 0. The lowest BCUT2D eigenvalue weighted by Gasteiger charge is -2.11. The van der Waals surface area contributed by atoms with Crippen molar-refractivity contribution in [1.29, 1.82) is 0 Å². The van der Waals surface area contributed by atoms with Gasteiger partial charge < -0.3 is 13.4 Å². The fourth-order valence-electron chi connectivity index (χ4n) is 7.66. The Morgan fingerprint density at radius 2 is 1.15 bits per heavy atom. The van der Waals surface area contributed by atoms with Gasteiger partial charge >= 0.3 is 0 Å². The maximum Gasteiger partial charge on any atom is 0.159 e. The van der Waals surface area contributed by atoms with Crippen LogP contribution in [0.3, 0.4) is 0 Å². The molecule has 1 atom stereocenters. The van der Waals surface area contributed by atoms with Crippen LogP contribution in [0.15, 0.2) is 177 Å². The Kier molecular flexibility index (Phi) is 6.93. The van der Waals surface area contributed by atoms with Crippen LogP contribution in [0.1, 0.15) is 36.6 Å². The minimum Gasteiger partial charge on any atom is -0.456 e. The lowest BCUT2D eigenvalue weighted by atomic mass is 10.0. The van der Waals surface area contributed by atoms with Crippen LogP contribution in [0.2, 0.25) is 0 Å². The van der Waals surface area contributed by atoms with Gasteiger partial charge in [0.1, 0.15) is 16.7 Å². The van der Waals surface area contributed by atoms with Crippen molar-refractivity contribution in [2.45, 2.75) is 19.9 Å². The van der Waals surface area contributed by atoms with Gasteiger partial charge in [-0.3, -0.25) is 4.99 Å². The second-order valence-electron chi connectivity index (χ2n) is 13.4. The van der Waals surface area contributed by atoms with E-state index in [0.29, 0.717) is 5.84 Å². The molecule has 5 heteroatoms. The highest BCUT2D eigenvalue weighted by molar-refractivity contribution is 6.20. The summed E-state index contributed by atoms with van der Waals surface area (Å²) < 4.78 is 15.5. The molecule has 0 aliphatic rings. The molecule has 0 amide bonds. The van der Waals surface area contributed by atoms with E-state index in [-0.39, 0.29) is 6.04 Å². The van der Waals surface area contributed by atoms with Gasteiger partial charge in [-0.05, 0) is 67.4 Å². The van der Waals surface area contributed by atoms with Crippen molar-refractivity contribution in [3.8, 4) is 5.69 Å². The van der Waals surface area contributed by atoms with E-state index in [1.807, 2.05) is 49.4 Å². The highest BCUT2D eigenvalue weighted by atomic mass is 16.3. The number of fused-ring (bicyclic) bond motifs is 9. The Bertz CT molecular complexity index is 3000. The monoisotopic (exact) mass is 671 g/mol. The molecule has 0 saturated heterocycles. The summed E-state index contributed by atoms with van der Waals surface area (Å²) in [6.07, 6.45) is 0. The normalized spacial score (nSPS) is 13.3. The van der Waals surface area contributed by atoms with Crippen LogP contribution in [-0.2, 0) is 0 Å². The number of rotatable bonds is 5. The zero-order valence-corrected chi connectivity index (χ0v) is 28.7. The van der Waals surface area contributed by atoms with Gasteiger partial charge in [0.2, 0.25) is 0 Å². The Labute approximate surface area is 299 Å². The molecule has 52 heavy (non-hydrogen) atoms. The molecule has 0 spiro atoms. The van der Waals surface area contributed by atoms with Gasteiger partial charge in [0, 0.05) is 38.0 Å². The zero-order valence-electron chi connectivity index (χ0n) is 28.7. The van der Waals surface area contributed by atoms with Crippen molar-refractivity contribution in [1.82, 2.24) is 4.57 Å². The van der Waals surface area contributed by atoms with E-state index in [4.69, 9.17) is 18.8 Å². The number of para-hydroxylation sites is 5. The third-order valence-corrected chi connectivity index (χ3v) is 10.2. The molecule has 5 nitrogen and oxygen atoms in total. The van der Waals surface area contributed by atoms with E-state index < -0.39 is 0 Å². The van der Waals surface area contributed by atoms with Crippen molar-refractivity contribution < 1.29 is 8.83 Å². The first-order valence-electron chi connectivity index (χ1n) is 17.7. The van der Waals surface area contributed by atoms with Gasteiger partial charge in [-0.15, -0.1) is 0 Å². The standard InChI is InChI=1S/C47H33N3O2/c1-29(31-14-4-3-5-15-31)48-47(49-30(2)32-26-27-44-39(28-32)35-18-8-11-25-43(35)51-44)38-21-12-19-36-37-20-13-24-42(46(37)52-45(36)38)50-40-22-9-6-16-33(40)34-17-7-10-23-41(34)50/h3-28,30H,1-2H3. The molecule has 0 aliphatic heterocycles. The van der Waals surface area contributed by atoms with E-state index in [9.17, 15) is 0 Å². The molecule has 0 saturated carbocycles. The summed E-state index contributed by atoms with van der Waals surface area (Å²) in [6.45, 7) is 4.16. The van der Waals surface area contributed by atoms with Gasteiger partial charge in [-0.2, -0.15) is 0 Å². The Hall–Kier alpha value is -6.72. The quantitative estimate of drug-likeness (QED) is 0.135. The topological polar surface area (TPSA) is 55.9 Å². The number of furan rings is 2. The molecule has 10 rings (SSSR count). The summed E-state index contributed by atoms with van der Waals surface area (Å²) in [4.78, 5) is 10.6. The Morgan fingerprint density at radius 3 is 1.92 bits per heavy atom. The molecule has 7 aromatic carbocycles. The van der Waals surface area contributed by atoms with Gasteiger partial charge in [0.15, 0.2) is 11.4 Å². The van der Waals surface area contributed by atoms with Crippen molar-refractivity contribution in [2.75, 3.05) is 0 Å². The maximum atomic E-state index is 7.00. The van der Waals surface area contributed by atoms with Crippen molar-refractivity contribution in [3.05, 3.63) is 174 Å². The average molecular weight is 672 g/mol. The number of nitrogens with zero attached hydrogens (tertiary/aromatic N) is 3. The fourth-order valence-corrected chi connectivity index (χ4v) is 7.66. The second kappa shape index (κ2) is 12.0. The van der Waals surface area contributed by atoms with E-state index in [2.05, 4.69) is 127 Å². The van der Waals surface area contributed by atoms with Crippen LogP contribution in [0.5, 0.6) is 0 Å². The molecule has 0 aliphatic carbocycles. The molecule has 0 bridgehead atoms. The minimum absolute atomic E-state index is 0.201. The SMILES string of the molecule is CC(=NC(=NC(C)c1ccc2oc3ccccc3c2c1)c1cccc2c1oc1c(-n3c4ccccc4c4ccccc43)cccc12)c1ccccc1. The maximum absolute atomic E-state index is 7.00. The first-order chi connectivity index (χ1) is 25.6. The first-order valence-corrected chi connectivity index (χ1v) is 17.7. The summed E-state index contributed by atoms with van der Waals surface area (Å²) >= 11 is 0. The molecule has 0 N–H and O–H groups in total. The van der Waals surface area contributed by atoms with Gasteiger partial charge in [-0.25, -0.2) is 4.99 Å². The molecule has 3 aromatic heterocycles. The van der Waals surface area contributed by atoms with E-state index in [0.717, 1.165) is 83.0 Å². The lowest BCUT2D eigenvalue weighted by molar-refractivity contribution is 0.665. The zero-order chi connectivity index (χ0) is 34.8. The summed E-state index contributed by atoms with van der Waals surface area (Å²) in [7, 11) is 0. The fraction of sp³-hybridized carbons (Fsp3) is 0.0638. The predicted octanol–water partition coefficient (Wildman–Crippen LogP) is 12.6. The molecular weight excluding hydrogens is 639 g/mol. The molecule has 3 heterocycles. The van der Waals surface area contributed by atoms with E-state index in [1.54, 1.807) is 0 Å². The van der Waals surface area contributed by atoms with Crippen LogP contribution >= 0.6 is 0 Å². The largest absolute Gasteiger partial charge is 0.456 e. The van der Waals surface area contributed by atoms with Crippen molar-refractivity contribution in [3.63, 3.8) is 0 Å². The Balaban J connectivity index is 1.18. The van der Waals surface area contributed by atoms with Crippen LogP contribution in [0.25, 0.3) is 71.4 Å². The molecule has 0 radical (unpaired) electrons. The van der Waals surface area contributed by atoms with Gasteiger partial charge in [0.05, 0.1) is 28.3 Å². The number of aliphatic imine (C=N–C) groups is 2. The first kappa shape index (κ1) is 30.1. The number of amidine groups is 1. The average Bonchev–Trinajstić information content (AvgIpc) is 3.87. The van der Waals surface area contributed by atoms with Crippen LogP contribution in [-0.4, -0.2) is 16.1 Å². The van der Waals surface area contributed by atoms with Crippen molar-refractivity contribution >= 4 is 77.2 Å². The molecule has 1 unspecified atom stereocenters. The second-order valence-corrected chi connectivity index (χ2v) is 13.4. The van der Waals surface area contributed by atoms with Crippen LogP contribution < -0.4 is 0 Å². The van der Waals surface area contributed by atoms with E-state index >= 15 is 0 Å². The van der Waals surface area contributed by atoms with Gasteiger partial charge in [0.25, 0.3) is 0 Å². The van der Waals surface area contributed by atoms with Gasteiger partial charge in [-0.1, -0.05) is 115 Å². The number of hydrogen-bond acceptors (Lipinski definition) is 3. The molecular formula is C47H33N3O2. The van der Waals surface area contributed by atoms with Crippen LogP contribution in [0.4, 0.5) is 0 Å². The summed E-state index contributed by atoms with van der Waals surface area (Å²) in [5, 5.41) is 6.67. The highest BCUT2D eigenvalue weighted by Crippen LogP contribution is 2.39. The third-order valence-electron chi connectivity index (χ3n) is 10.2. The highest BCUT2D eigenvalue weighted by Gasteiger charge is 2.21. The molecule has 10 aromatic rings. The predicted molar refractivity (Wildman–Crippen MR) is 215 cm³/mol. The molecule has 0 fully saturated rings. The smallest absolute Gasteiger partial charge is 0.159 e. The lowest BCUT2D eigenvalue weighted by Crippen LogP contribution is -2.06. The van der Waals surface area contributed by atoms with Crippen molar-refractivity contribution in [2.24, 2.45) is 9.98 Å². The minimum atomic E-state index is -0.201. The molecule has 248 valence electrons. The van der Waals surface area contributed by atoms with Crippen LogP contribution in [0, 0.1) is 0 Å². The van der Waals surface area contributed by atoms with E-state index in [1.165, 1.54) is 10.8 Å². The summed E-state index contributed by atoms with van der Waals surface area (Å²) in [6, 6.07) is 54.4. The summed E-state index contributed by atoms with van der Waals surface area (Å²) in [5.41, 5.74) is 10.4. The number of aromatic nitrogens is 1. The summed E-state index contributed by atoms with van der Waals surface area (Å²) in [5.74, 6) is 0.620. The Morgan fingerprint density at radius 1 is 0.538 bits per heavy atom. The third kappa shape index (κ3) is 4.78. The number of benzene rings is 7.